The Morgan fingerprint density at radius 3 is 2.50 bits per heavy atom. The molecule has 0 radical (unpaired) electrons. The lowest BCUT2D eigenvalue weighted by Crippen LogP contribution is -2.31. The predicted molar refractivity (Wildman–Crippen MR) is 69.2 cm³/mol. The van der Waals surface area contributed by atoms with Crippen molar-refractivity contribution in [2.45, 2.75) is 32.5 Å². The fourth-order valence-electron chi connectivity index (χ4n) is 1.46. The van der Waals surface area contributed by atoms with E-state index in [1.807, 2.05) is 13.8 Å². The molecule has 0 bridgehead atoms. The van der Waals surface area contributed by atoms with Crippen LogP contribution in [0.15, 0.2) is 18.2 Å². The van der Waals surface area contributed by atoms with Crippen LogP contribution in [0.3, 0.4) is 0 Å². The second kappa shape index (κ2) is 6.13. The summed E-state index contributed by atoms with van der Waals surface area (Å²) < 4.78 is 37.6. The van der Waals surface area contributed by atoms with Gasteiger partial charge < -0.3 is 16.2 Å². The van der Waals surface area contributed by atoms with Crippen molar-refractivity contribution < 1.29 is 23.1 Å². The van der Waals surface area contributed by atoms with E-state index in [1.54, 1.807) is 0 Å². The van der Waals surface area contributed by atoms with Crippen molar-refractivity contribution in [2.75, 3.05) is 5.32 Å². The molecule has 0 saturated carbocycles. The van der Waals surface area contributed by atoms with Crippen molar-refractivity contribution in [3.8, 4) is 5.75 Å². The average molecular weight is 290 g/mol. The van der Waals surface area contributed by atoms with Gasteiger partial charge in [-0.3, -0.25) is 4.79 Å². The highest BCUT2D eigenvalue weighted by Gasteiger charge is 2.31. The first kappa shape index (κ1) is 16.3. The van der Waals surface area contributed by atoms with Crippen molar-refractivity contribution in [1.29, 1.82) is 0 Å². The van der Waals surface area contributed by atoms with E-state index in [4.69, 9.17) is 5.73 Å². The van der Waals surface area contributed by atoms with Gasteiger partial charge in [0, 0.05) is 12.5 Å². The SMILES string of the molecule is CC(C)C(N)CC(=O)Nc1cc(C(F)(F)F)ccc1O. The number of hydrogen-bond acceptors (Lipinski definition) is 3. The highest BCUT2D eigenvalue weighted by atomic mass is 19.4. The molecule has 1 amide bonds. The third-order valence-electron chi connectivity index (χ3n) is 2.88. The van der Waals surface area contributed by atoms with E-state index in [-0.39, 0.29) is 18.0 Å². The number of alkyl halides is 3. The fourth-order valence-corrected chi connectivity index (χ4v) is 1.46. The lowest BCUT2D eigenvalue weighted by molar-refractivity contribution is -0.137. The summed E-state index contributed by atoms with van der Waals surface area (Å²) in [6.07, 6.45) is -4.57. The van der Waals surface area contributed by atoms with Crippen LogP contribution in [0.4, 0.5) is 18.9 Å². The molecule has 4 nitrogen and oxygen atoms in total. The minimum Gasteiger partial charge on any atom is -0.506 e. The quantitative estimate of drug-likeness (QED) is 0.746. The van der Waals surface area contributed by atoms with Gasteiger partial charge in [0.05, 0.1) is 11.3 Å². The van der Waals surface area contributed by atoms with E-state index < -0.39 is 29.4 Å². The predicted octanol–water partition coefficient (Wildman–Crippen LogP) is 2.72. The molecule has 7 heteroatoms. The number of benzene rings is 1. The minimum atomic E-state index is -4.54. The lowest BCUT2D eigenvalue weighted by Gasteiger charge is -2.16. The number of halogens is 3. The van der Waals surface area contributed by atoms with Gasteiger partial charge >= 0.3 is 6.18 Å². The Balaban J connectivity index is 2.84. The van der Waals surface area contributed by atoms with Crippen LogP contribution in [-0.4, -0.2) is 17.1 Å². The fraction of sp³-hybridized carbons (Fsp3) is 0.462. The molecular weight excluding hydrogens is 273 g/mol. The number of amides is 1. The summed E-state index contributed by atoms with van der Waals surface area (Å²) >= 11 is 0. The zero-order valence-corrected chi connectivity index (χ0v) is 11.2. The van der Waals surface area contributed by atoms with E-state index >= 15 is 0 Å². The zero-order valence-electron chi connectivity index (χ0n) is 11.2. The number of nitrogens with two attached hydrogens (primary N) is 1. The standard InChI is InChI=1S/C13H17F3N2O2/c1-7(2)9(17)6-12(20)18-10-5-8(13(14,15)16)3-4-11(10)19/h3-5,7,9,19H,6,17H2,1-2H3,(H,18,20). The van der Waals surface area contributed by atoms with Crippen molar-refractivity contribution in [3.63, 3.8) is 0 Å². The number of nitrogens with one attached hydrogen (secondary N) is 1. The van der Waals surface area contributed by atoms with E-state index in [9.17, 15) is 23.1 Å². The van der Waals surface area contributed by atoms with Gasteiger partial charge in [0.2, 0.25) is 5.91 Å². The number of anilines is 1. The Hall–Kier alpha value is -1.76. The maximum Gasteiger partial charge on any atom is 0.416 e. The van der Waals surface area contributed by atoms with Gasteiger partial charge in [-0.25, -0.2) is 0 Å². The average Bonchev–Trinajstić information content (AvgIpc) is 2.30. The summed E-state index contributed by atoms with van der Waals surface area (Å²) in [6, 6.07) is 1.92. The topological polar surface area (TPSA) is 75.4 Å². The molecule has 0 aromatic heterocycles. The Morgan fingerprint density at radius 2 is 2.00 bits per heavy atom. The van der Waals surface area contributed by atoms with E-state index in [0.29, 0.717) is 6.07 Å². The Labute approximate surface area is 114 Å². The first-order valence-electron chi connectivity index (χ1n) is 6.07. The molecule has 112 valence electrons. The van der Waals surface area contributed by atoms with Gasteiger partial charge in [0.25, 0.3) is 0 Å². The van der Waals surface area contributed by atoms with E-state index in [1.165, 1.54) is 0 Å². The van der Waals surface area contributed by atoms with Crippen molar-refractivity contribution >= 4 is 11.6 Å². The molecule has 0 spiro atoms. The van der Waals surface area contributed by atoms with Crippen LogP contribution in [0, 0.1) is 5.92 Å². The number of aromatic hydroxyl groups is 1. The monoisotopic (exact) mass is 290 g/mol. The molecular formula is C13H17F3N2O2. The maximum atomic E-state index is 12.5. The number of hydrogen-bond donors (Lipinski definition) is 3. The lowest BCUT2D eigenvalue weighted by atomic mass is 10.0. The molecule has 0 aliphatic carbocycles. The highest BCUT2D eigenvalue weighted by molar-refractivity contribution is 5.92. The van der Waals surface area contributed by atoms with Gasteiger partial charge in [-0.15, -0.1) is 0 Å². The van der Waals surface area contributed by atoms with Crippen LogP contribution >= 0.6 is 0 Å². The number of carbonyl (C=O) groups is 1. The first-order chi connectivity index (χ1) is 9.11. The van der Waals surface area contributed by atoms with E-state index in [2.05, 4.69) is 5.32 Å². The van der Waals surface area contributed by atoms with Crippen LogP contribution in [0.25, 0.3) is 0 Å². The molecule has 4 N–H and O–H groups in total. The molecule has 1 aromatic rings. The molecule has 1 aromatic carbocycles. The summed E-state index contributed by atoms with van der Waals surface area (Å²) in [6.45, 7) is 3.67. The Kier molecular flexibility index (Phi) is 4.99. The summed E-state index contributed by atoms with van der Waals surface area (Å²) in [5, 5.41) is 11.7. The van der Waals surface area contributed by atoms with Crippen molar-refractivity contribution in [1.82, 2.24) is 0 Å². The summed E-state index contributed by atoms with van der Waals surface area (Å²) in [5.74, 6) is -0.902. The largest absolute Gasteiger partial charge is 0.506 e. The van der Waals surface area contributed by atoms with Crippen LogP contribution in [0.5, 0.6) is 5.75 Å². The third kappa shape index (κ3) is 4.41. The third-order valence-corrected chi connectivity index (χ3v) is 2.88. The first-order valence-corrected chi connectivity index (χ1v) is 6.07. The summed E-state index contributed by atoms with van der Waals surface area (Å²) in [4.78, 5) is 11.7. The normalized spacial score (nSPS) is 13.3. The highest BCUT2D eigenvalue weighted by Crippen LogP contribution is 2.34. The van der Waals surface area contributed by atoms with Gasteiger partial charge in [-0.1, -0.05) is 13.8 Å². The number of rotatable bonds is 4. The van der Waals surface area contributed by atoms with Gasteiger partial charge in [-0.2, -0.15) is 13.2 Å². The van der Waals surface area contributed by atoms with Crippen LogP contribution in [0.2, 0.25) is 0 Å². The Morgan fingerprint density at radius 1 is 1.40 bits per heavy atom. The minimum absolute atomic E-state index is 0.0344. The smallest absolute Gasteiger partial charge is 0.416 e. The van der Waals surface area contributed by atoms with Crippen LogP contribution in [-0.2, 0) is 11.0 Å². The van der Waals surface area contributed by atoms with Crippen molar-refractivity contribution in [2.24, 2.45) is 11.7 Å². The van der Waals surface area contributed by atoms with Gasteiger partial charge in [0.1, 0.15) is 5.75 Å². The van der Waals surface area contributed by atoms with Gasteiger partial charge in [0.15, 0.2) is 0 Å². The molecule has 0 fully saturated rings. The molecule has 1 rings (SSSR count). The van der Waals surface area contributed by atoms with Crippen LogP contribution < -0.4 is 11.1 Å². The molecule has 0 heterocycles. The Bertz CT molecular complexity index is 487. The van der Waals surface area contributed by atoms with E-state index in [0.717, 1.165) is 12.1 Å². The zero-order chi connectivity index (χ0) is 15.5. The number of phenols is 1. The molecule has 20 heavy (non-hydrogen) atoms. The number of phenolic OH excluding ortho intramolecular Hbond substituents is 1. The summed E-state index contributed by atoms with van der Waals surface area (Å²) in [7, 11) is 0. The van der Waals surface area contributed by atoms with Crippen molar-refractivity contribution in [3.05, 3.63) is 23.8 Å². The van der Waals surface area contributed by atoms with Crippen LogP contribution in [0.1, 0.15) is 25.8 Å². The maximum absolute atomic E-state index is 12.5. The molecule has 0 aliphatic rings. The molecule has 1 unspecified atom stereocenters. The number of carbonyl (C=O) groups excluding carboxylic acids is 1. The van der Waals surface area contributed by atoms with Gasteiger partial charge in [-0.05, 0) is 24.1 Å². The summed E-state index contributed by atoms with van der Waals surface area (Å²) in [5.41, 5.74) is 4.48. The second-order valence-electron chi connectivity index (χ2n) is 4.89. The molecule has 1 atom stereocenters. The molecule has 0 saturated heterocycles. The second-order valence-corrected chi connectivity index (χ2v) is 4.89. The molecule has 0 aliphatic heterocycles.